The Labute approximate surface area is 144 Å². The monoisotopic (exact) mass is 323 g/mol. The Hall–Kier alpha value is -2.13. The normalized spacial score (nSPS) is 16.5. The van der Waals surface area contributed by atoms with Crippen molar-refractivity contribution in [2.24, 2.45) is 0 Å². The minimum absolute atomic E-state index is 0.0327. The number of quaternary nitrogens is 1. The van der Waals surface area contributed by atoms with Gasteiger partial charge in [-0.15, -0.1) is 0 Å². The quantitative estimate of drug-likeness (QED) is 0.839. The first-order valence-electron chi connectivity index (χ1n) is 9.03. The zero-order chi connectivity index (χ0) is 16.6. The molecule has 2 N–H and O–H groups in total. The molecule has 0 saturated carbocycles. The largest absolute Gasteiger partial charge is 0.344 e. The summed E-state index contributed by atoms with van der Waals surface area (Å²) in [5.41, 5.74) is 2.42. The van der Waals surface area contributed by atoms with Crippen LogP contribution >= 0.6 is 0 Å². The van der Waals surface area contributed by atoms with Crippen molar-refractivity contribution in [1.82, 2.24) is 5.32 Å². The molecule has 2 aromatic rings. The number of amides is 1. The Morgan fingerprint density at radius 1 is 0.917 bits per heavy atom. The van der Waals surface area contributed by atoms with Crippen LogP contribution in [0.15, 0.2) is 60.7 Å². The Morgan fingerprint density at radius 2 is 1.54 bits per heavy atom. The van der Waals surface area contributed by atoms with Crippen LogP contribution in [0.1, 0.15) is 36.4 Å². The van der Waals surface area contributed by atoms with Gasteiger partial charge in [-0.1, -0.05) is 60.7 Å². The molecule has 1 heterocycles. The second-order valence-corrected chi connectivity index (χ2v) is 6.71. The van der Waals surface area contributed by atoms with Gasteiger partial charge >= 0.3 is 0 Å². The fourth-order valence-electron chi connectivity index (χ4n) is 3.49. The van der Waals surface area contributed by atoms with Gasteiger partial charge < -0.3 is 10.2 Å². The number of carbonyl (C=O) groups excluding carboxylic acids is 1. The predicted octanol–water partition coefficient (Wildman–Crippen LogP) is 2.16. The molecule has 1 aliphatic heterocycles. The van der Waals surface area contributed by atoms with Gasteiger partial charge in [0.25, 0.3) is 5.91 Å². The molecule has 3 heteroatoms. The molecule has 0 spiro atoms. The molecular weight excluding hydrogens is 296 g/mol. The summed E-state index contributed by atoms with van der Waals surface area (Å²) in [5.74, 6) is 0.164. The molecular formula is C21H27N2O+. The number of hydrogen-bond acceptors (Lipinski definition) is 1. The van der Waals surface area contributed by atoms with E-state index < -0.39 is 0 Å². The minimum atomic E-state index is 0.0327. The number of nitrogens with one attached hydrogen (secondary N) is 2. The van der Waals surface area contributed by atoms with E-state index in [4.69, 9.17) is 0 Å². The Kier molecular flexibility index (Phi) is 6.02. The third-order valence-corrected chi connectivity index (χ3v) is 4.79. The van der Waals surface area contributed by atoms with Gasteiger partial charge in [-0.3, -0.25) is 4.79 Å². The molecule has 3 nitrogen and oxygen atoms in total. The second kappa shape index (κ2) is 8.65. The minimum Gasteiger partial charge on any atom is -0.344 e. The summed E-state index contributed by atoms with van der Waals surface area (Å²) in [6, 6.07) is 20.7. The molecule has 0 unspecified atom stereocenters. The maximum absolute atomic E-state index is 12.6. The van der Waals surface area contributed by atoms with E-state index in [1.54, 1.807) is 0 Å². The van der Waals surface area contributed by atoms with Crippen molar-refractivity contribution < 1.29 is 9.69 Å². The lowest BCUT2D eigenvalue weighted by Crippen LogP contribution is -3.13. The molecule has 24 heavy (non-hydrogen) atoms. The van der Waals surface area contributed by atoms with Crippen LogP contribution in [-0.2, 0) is 11.2 Å². The highest BCUT2D eigenvalue weighted by Gasteiger charge is 2.20. The maximum Gasteiger partial charge on any atom is 0.275 e. The molecule has 0 radical (unpaired) electrons. The lowest BCUT2D eigenvalue weighted by molar-refractivity contribution is -0.896. The van der Waals surface area contributed by atoms with Gasteiger partial charge in [-0.2, -0.15) is 0 Å². The molecule has 1 atom stereocenters. The molecule has 1 fully saturated rings. The van der Waals surface area contributed by atoms with Crippen LogP contribution in [0.4, 0.5) is 0 Å². The van der Waals surface area contributed by atoms with Crippen LogP contribution in [0.25, 0.3) is 0 Å². The second-order valence-electron chi connectivity index (χ2n) is 6.71. The zero-order valence-corrected chi connectivity index (χ0v) is 14.2. The molecule has 1 amide bonds. The lowest BCUT2D eigenvalue weighted by Gasteiger charge is -2.25. The standard InChI is InChI=1S/C21H26N2O/c24-21(17-23-14-8-3-9-15-23)22-20(19-12-6-2-7-13-19)16-18-10-4-1-5-11-18/h1-2,4-7,10-13,20H,3,8-9,14-17H2,(H,22,24)/p+1/t20-/m0/s1. The summed E-state index contributed by atoms with van der Waals surface area (Å²) in [5, 5.41) is 3.27. The molecule has 0 bridgehead atoms. The Morgan fingerprint density at radius 3 is 2.21 bits per heavy atom. The SMILES string of the molecule is O=C(C[NH+]1CCCCC1)N[C@@H](Cc1ccccc1)c1ccccc1. The number of rotatable bonds is 6. The molecule has 2 aromatic carbocycles. The van der Waals surface area contributed by atoms with E-state index in [0.717, 1.165) is 19.5 Å². The summed E-state index contributed by atoms with van der Waals surface area (Å²) < 4.78 is 0. The Bertz CT molecular complexity index is 621. The zero-order valence-electron chi connectivity index (χ0n) is 14.2. The van der Waals surface area contributed by atoms with Crippen molar-refractivity contribution in [1.29, 1.82) is 0 Å². The third-order valence-electron chi connectivity index (χ3n) is 4.79. The van der Waals surface area contributed by atoms with E-state index in [1.807, 2.05) is 24.3 Å². The van der Waals surface area contributed by atoms with Gasteiger partial charge in [-0.25, -0.2) is 0 Å². The van der Waals surface area contributed by atoms with Crippen LogP contribution < -0.4 is 10.2 Å². The van der Waals surface area contributed by atoms with E-state index in [-0.39, 0.29) is 11.9 Å². The highest BCUT2D eigenvalue weighted by Crippen LogP contribution is 2.18. The molecule has 1 saturated heterocycles. The van der Waals surface area contributed by atoms with E-state index in [1.165, 1.54) is 35.3 Å². The predicted molar refractivity (Wildman–Crippen MR) is 96.9 cm³/mol. The van der Waals surface area contributed by atoms with E-state index >= 15 is 0 Å². The highest BCUT2D eigenvalue weighted by molar-refractivity contribution is 5.77. The summed E-state index contributed by atoms with van der Waals surface area (Å²) in [7, 11) is 0. The maximum atomic E-state index is 12.6. The molecule has 0 aliphatic carbocycles. The van der Waals surface area contributed by atoms with Crippen LogP contribution in [0.2, 0.25) is 0 Å². The van der Waals surface area contributed by atoms with Crippen LogP contribution in [0.5, 0.6) is 0 Å². The van der Waals surface area contributed by atoms with Crippen molar-refractivity contribution >= 4 is 5.91 Å². The fraction of sp³-hybridized carbons (Fsp3) is 0.381. The van der Waals surface area contributed by atoms with Crippen molar-refractivity contribution in [3.8, 4) is 0 Å². The molecule has 126 valence electrons. The topological polar surface area (TPSA) is 33.5 Å². The van der Waals surface area contributed by atoms with Crippen molar-refractivity contribution in [2.45, 2.75) is 31.7 Å². The smallest absolute Gasteiger partial charge is 0.275 e. The first-order valence-corrected chi connectivity index (χ1v) is 9.03. The number of hydrogen-bond donors (Lipinski definition) is 2. The molecule has 3 rings (SSSR count). The van der Waals surface area contributed by atoms with Gasteiger partial charge in [0.15, 0.2) is 6.54 Å². The highest BCUT2D eigenvalue weighted by atomic mass is 16.2. The van der Waals surface area contributed by atoms with E-state index in [9.17, 15) is 4.79 Å². The van der Waals surface area contributed by atoms with Gasteiger partial charge in [0.05, 0.1) is 19.1 Å². The van der Waals surface area contributed by atoms with Crippen molar-refractivity contribution in [3.05, 3.63) is 71.8 Å². The van der Waals surface area contributed by atoms with Crippen LogP contribution in [-0.4, -0.2) is 25.5 Å². The average molecular weight is 323 g/mol. The number of piperidine rings is 1. The Balaban J connectivity index is 1.66. The van der Waals surface area contributed by atoms with Crippen molar-refractivity contribution in [3.63, 3.8) is 0 Å². The first-order chi connectivity index (χ1) is 11.8. The van der Waals surface area contributed by atoms with Crippen LogP contribution in [0, 0.1) is 0 Å². The lowest BCUT2D eigenvalue weighted by atomic mass is 9.99. The molecule has 0 aromatic heterocycles. The van der Waals surface area contributed by atoms with Crippen LogP contribution in [0.3, 0.4) is 0 Å². The summed E-state index contributed by atoms with van der Waals surface area (Å²) in [4.78, 5) is 14.0. The van der Waals surface area contributed by atoms with Gasteiger partial charge in [0.2, 0.25) is 0 Å². The van der Waals surface area contributed by atoms with Crippen molar-refractivity contribution in [2.75, 3.05) is 19.6 Å². The van der Waals surface area contributed by atoms with Gasteiger partial charge in [0.1, 0.15) is 0 Å². The number of likely N-dealkylation sites (tertiary alicyclic amines) is 1. The van der Waals surface area contributed by atoms with Gasteiger partial charge in [-0.05, 0) is 36.8 Å². The summed E-state index contributed by atoms with van der Waals surface area (Å²) in [6.07, 6.45) is 4.63. The number of benzene rings is 2. The van der Waals surface area contributed by atoms with Gasteiger partial charge in [0, 0.05) is 0 Å². The fourth-order valence-corrected chi connectivity index (χ4v) is 3.49. The third kappa shape index (κ3) is 4.93. The average Bonchev–Trinajstić information content (AvgIpc) is 2.63. The molecule has 1 aliphatic rings. The number of carbonyl (C=O) groups is 1. The summed E-state index contributed by atoms with van der Waals surface area (Å²) in [6.45, 7) is 2.85. The summed E-state index contributed by atoms with van der Waals surface area (Å²) >= 11 is 0. The van der Waals surface area contributed by atoms with E-state index in [2.05, 4.69) is 41.7 Å². The van der Waals surface area contributed by atoms with E-state index in [0.29, 0.717) is 6.54 Å². The first kappa shape index (κ1) is 16.7.